The normalized spacial score (nSPS) is 15.3. The molecule has 6 heteroatoms. The van der Waals surface area contributed by atoms with E-state index in [2.05, 4.69) is 15.5 Å². The van der Waals surface area contributed by atoms with Crippen LogP contribution in [0.25, 0.3) is 0 Å². The molecule has 1 amide bonds. The third-order valence-corrected chi connectivity index (χ3v) is 3.95. The highest BCUT2D eigenvalue weighted by Crippen LogP contribution is 2.32. The molecule has 21 heavy (non-hydrogen) atoms. The van der Waals surface area contributed by atoms with Gasteiger partial charge in [-0.3, -0.25) is 4.79 Å². The number of aromatic nitrogens is 2. The van der Waals surface area contributed by atoms with Crippen molar-refractivity contribution in [2.24, 2.45) is 0 Å². The lowest BCUT2D eigenvalue weighted by atomic mass is 10.1. The highest BCUT2D eigenvalue weighted by atomic mass is 35.5. The minimum Gasteiger partial charge on any atom is -0.345 e. The van der Waals surface area contributed by atoms with Crippen molar-refractivity contribution >= 4 is 17.5 Å². The van der Waals surface area contributed by atoms with Crippen LogP contribution in [0.5, 0.6) is 0 Å². The molecule has 0 unspecified atom stereocenters. The predicted octanol–water partition coefficient (Wildman–Crippen LogP) is 3.31. The van der Waals surface area contributed by atoms with Crippen molar-refractivity contribution in [3.05, 3.63) is 46.6 Å². The number of nitrogens with zero attached hydrogens (tertiary/aromatic N) is 2. The molecule has 110 valence electrons. The van der Waals surface area contributed by atoms with Crippen LogP contribution >= 0.6 is 11.6 Å². The fraction of sp³-hybridized carbons (Fsp3) is 0.400. The fourth-order valence-electron chi connectivity index (χ4n) is 2.54. The van der Waals surface area contributed by atoms with E-state index in [-0.39, 0.29) is 12.5 Å². The van der Waals surface area contributed by atoms with Gasteiger partial charge in [-0.25, -0.2) is 0 Å². The van der Waals surface area contributed by atoms with Gasteiger partial charge < -0.3 is 9.84 Å². The number of benzene rings is 1. The van der Waals surface area contributed by atoms with Crippen molar-refractivity contribution < 1.29 is 9.32 Å². The summed E-state index contributed by atoms with van der Waals surface area (Å²) in [5, 5.41) is 7.29. The van der Waals surface area contributed by atoms with Crippen molar-refractivity contribution in [1.82, 2.24) is 15.5 Å². The predicted molar refractivity (Wildman–Crippen MR) is 78.1 cm³/mol. The third kappa shape index (κ3) is 3.42. The molecule has 1 aliphatic carbocycles. The third-order valence-electron chi connectivity index (χ3n) is 3.70. The molecule has 1 heterocycles. The van der Waals surface area contributed by atoms with Crippen LogP contribution in [0.1, 0.15) is 53.7 Å². The van der Waals surface area contributed by atoms with Gasteiger partial charge in [-0.05, 0) is 37.1 Å². The summed E-state index contributed by atoms with van der Waals surface area (Å²) in [5.74, 6) is 1.42. The van der Waals surface area contributed by atoms with E-state index in [0.29, 0.717) is 28.2 Å². The zero-order valence-electron chi connectivity index (χ0n) is 11.5. The molecule has 0 saturated heterocycles. The molecule has 1 fully saturated rings. The van der Waals surface area contributed by atoms with Crippen molar-refractivity contribution in [2.75, 3.05) is 0 Å². The SMILES string of the molecule is O=C(NCc1noc(C2CCCC2)n1)c1ccc(Cl)cc1. The molecular formula is C15H16ClN3O2. The summed E-state index contributed by atoms with van der Waals surface area (Å²) in [7, 11) is 0. The van der Waals surface area contributed by atoms with Crippen LogP contribution in [0.2, 0.25) is 5.02 Å². The van der Waals surface area contributed by atoms with E-state index in [1.54, 1.807) is 24.3 Å². The second-order valence-corrected chi connectivity index (χ2v) is 5.66. The smallest absolute Gasteiger partial charge is 0.251 e. The Bertz CT molecular complexity index is 618. The van der Waals surface area contributed by atoms with E-state index in [9.17, 15) is 4.79 Å². The summed E-state index contributed by atoms with van der Waals surface area (Å²) < 4.78 is 5.27. The topological polar surface area (TPSA) is 68.0 Å². The summed E-state index contributed by atoms with van der Waals surface area (Å²) in [4.78, 5) is 16.3. The highest BCUT2D eigenvalue weighted by Gasteiger charge is 2.22. The molecule has 1 aromatic heterocycles. The summed E-state index contributed by atoms with van der Waals surface area (Å²) >= 11 is 5.79. The summed E-state index contributed by atoms with van der Waals surface area (Å²) in [6, 6.07) is 6.72. The maximum absolute atomic E-state index is 12.0. The van der Waals surface area contributed by atoms with Gasteiger partial charge >= 0.3 is 0 Å². The molecule has 5 nitrogen and oxygen atoms in total. The molecule has 2 aromatic rings. The minimum absolute atomic E-state index is 0.182. The Kier molecular flexibility index (Phi) is 4.20. The molecule has 0 radical (unpaired) electrons. The molecule has 1 N–H and O–H groups in total. The number of hydrogen-bond acceptors (Lipinski definition) is 4. The maximum atomic E-state index is 12.0. The van der Waals surface area contributed by atoms with Crippen molar-refractivity contribution in [1.29, 1.82) is 0 Å². The number of hydrogen-bond donors (Lipinski definition) is 1. The second-order valence-electron chi connectivity index (χ2n) is 5.22. The molecule has 1 saturated carbocycles. The number of halogens is 1. The Balaban J connectivity index is 1.57. The minimum atomic E-state index is -0.182. The van der Waals surface area contributed by atoms with Crippen molar-refractivity contribution in [3.8, 4) is 0 Å². The van der Waals surface area contributed by atoms with Crippen LogP contribution in [-0.4, -0.2) is 16.0 Å². The van der Waals surface area contributed by atoms with Gasteiger partial charge in [0.1, 0.15) is 0 Å². The van der Waals surface area contributed by atoms with E-state index < -0.39 is 0 Å². The molecule has 0 bridgehead atoms. The van der Waals surface area contributed by atoms with Crippen LogP contribution in [0.4, 0.5) is 0 Å². The number of carbonyl (C=O) groups excluding carboxylic acids is 1. The van der Waals surface area contributed by atoms with Gasteiger partial charge in [0.25, 0.3) is 5.91 Å². The number of nitrogens with one attached hydrogen (secondary N) is 1. The van der Waals surface area contributed by atoms with Gasteiger partial charge in [-0.2, -0.15) is 4.98 Å². The molecule has 1 aliphatic rings. The number of rotatable bonds is 4. The first-order chi connectivity index (χ1) is 10.2. The Morgan fingerprint density at radius 2 is 2.00 bits per heavy atom. The quantitative estimate of drug-likeness (QED) is 0.941. The van der Waals surface area contributed by atoms with Crippen molar-refractivity contribution in [2.45, 2.75) is 38.1 Å². The van der Waals surface area contributed by atoms with Crippen LogP contribution in [0, 0.1) is 0 Å². The van der Waals surface area contributed by atoms with E-state index in [0.717, 1.165) is 12.8 Å². The molecule has 0 aliphatic heterocycles. The first-order valence-corrected chi connectivity index (χ1v) is 7.46. The lowest BCUT2D eigenvalue weighted by Crippen LogP contribution is -2.23. The van der Waals surface area contributed by atoms with Gasteiger partial charge in [-0.15, -0.1) is 0 Å². The van der Waals surface area contributed by atoms with Crippen LogP contribution in [-0.2, 0) is 6.54 Å². The first kappa shape index (κ1) is 14.1. The lowest BCUT2D eigenvalue weighted by molar-refractivity contribution is 0.0949. The molecule has 0 spiro atoms. The van der Waals surface area contributed by atoms with Gasteiger partial charge in [0.2, 0.25) is 5.89 Å². The highest BCUT2D eigenvalue weighted by molar-refractivity contribution is 6.30. The first-order valence-electron chi connectivity index (χ1n) is 7.08. The molecule has 3 rings (SSSR count). The standard InChI is InChI=1S/C15H16ClN3O2/c16-12-7-5-10(6-8-12)14(20)17-9-13-18-15(21-19-13)11-3-1-2-4-11/h5-8,11H,1-4,9H2,(H,17,20). The number of carbonyl (C=O) groups is 1. The Hall–Kier alpha value is -1.88. The summed E-state index contributed by atoms with van der Waals surface area (Å²) in [6.45, 7) is 0.262. The largest absolute Gasteiger partial charge is 0.345 e. The molecule has 0 atom stereocenters. The van der Waals surface area contributed by atoms with Gasteiger partial charge in [-0.1, -0.05) is 29.6 Å². The summed E-state index contributed by atoms with van der Waals surface area (Å²) in [6.07, 6.45) is 4.66. The Morgan fingerprint density at radius 3 is 2.71 bits per heavy atom. The van der Waals surface area contributed by atoms with E-state index in [1.807, 2.05) is 0 Å². The average molecular weight is 306 g/mol. The molecule has 1 aromatic carbocycles. The van der Waals surface area contributed by atoms with Gasteiger partial charge in [0, 0.05) is 16.5 Å². The van der Waals surface area contributed by atoms with Crippen molar-refractivity contribution in [3.63, 3.8) is 0 Å². The zero-order chi connectivity index (χ0) is 14.7. The van der Waals surface area contributed by atoms with Crippen LogP contribution in [0.3, 0.4) is 0 Å². The Labute approximate surface area is 127 Å². The van der Waals surface area contributed by atoms with Gasteiger partial charge in [0.05, 0.1) is 6.54 Å². The van der Waals surface area contributed by atoms with E-state index in [1.165, 1.54) is 12.8 Å². The van der Waals surface area contributed by atoms with Crippen LogP contribution < -0.4 is 5.32 Å². The fourth-order valence-corrected chi connectivity index (χ4v) is 2.67. The van der Waals surface area contributed by atoms with Crippen LogP contribution in [0.15, 0.2) is 28.8 Å². The van der Waals surface area contributed by atoms with E-state index in [4.69, 9.17) is 16.1 Å². The number of amides is 1. The Morgan fingerprint density at radius 1 is 1.29 bits per heavy atom. The zero-order valence-corrected chi connectivity index (χ0v) is 12.3. The van der Waals surface area contributed by atoms with Gasteiger partial charge in [0.15, 0.2) is 5.82 Å². The van der Waals surface area contributed by atoms with E-state index >= 15 is 0 Å². The monoisotopic (exact) mass is 305 g/mol. The average Bonchev–Trinajstić information content (AvgIpc) is 3.16. The molecular weight excluding hydrogens is 290 g/mol. The lowest BCUT2D eigenvalue weighted by Gasteiger charge is -2.02. The maximum Gasteiger partial charge on any atom is 0.251 e. The summed E-state index contributed by atoms with van der Waals surface area (Å²) in [5.41, 5.74) is 0.555. The second kappa shape index (κ2) is 6.26.